The van der Waals surface area contributed by atoms with Gasteiger partial charge in [0.2, 0.25) is 11.8 Å². The first-order valence-corrected chi connectivity index (χ1v) is 18.3. The lowest BCUT2D eigenvalue weighted by molar-refractivity contribution is -0.147. The molecule has 1 N–H and O–H groups in total. The van der Waals surface area contributed by atoms with Gasteiger partial charge >= 0.3 is 12.6 Å². The molecular formula is C41H36ClF2N5O5. The number of esters is 1. The number of nitrogens with zero attached hydrogens (tertiary/aromatic N) is 4. The molecule has 0 amide bonds. The number of carbonyl (C=O) groups is 1. The first kappa shape index (κ1) is 35.7. The highest BCUT2D eigenvalue weighted by molar-refractivity contribution is 6.20. The molecule has 2 saturated heterocycles. The number of carbonyl (C=O) groups excluding carboxylic acids is 1. The summed E-state index contributed by atoms with van der Waals surface area (Å²) in [7, 11) is 0. The Morgan fingerprint density at radius 2 is 1.70 bits per heavy atom. The number of nitriles is 1. The van der Waals surface area contributed by atoms with Crippen molar-refractivity contribution >= 4 is 39.8 Å². The number of hydrogen-bond donors (Lipinski definition) is 1. The predicted octanol–water partition coefficient (Wildman–Crippen LogP) is 8.67. The number of oxazole rings is 2. The van der Waals surface area contributed by atoms with Gasteiger partial charge in [-0.15, -0.1) is 11.6 Å². The average molecular weight is 752 g/mol. The van der Waals surface area contributed by atoms with E-state index < -0.39 is 18.6 Å². The molecule has 0 aliphatic carbocycles. The van der Waals surface area contributed by atoms with Crippen molar-refractivity contribution < 1.29 is 31.9 Å². The van der Waals surface area contributed by atoms with Gasteiger partial charge in [-0.05, 0) is 104 Å². The van der Waals surface area contributed by atoms with Crippen molar-refractivity contribution in [2.24, 2.45) is 0 Å². The number of rotatable bonds is 10. The number of hydrogen-bond acceptors (Lipinski definition) is 10. The second-order valence-electron chi connectivity index (χ2n) is 13.8. The van der Waals surface area contributed by atoms with Crippen LogP contribution in [-0.2, 0) is 22.7 Å². The fourth-order valence-corrected chi connectivity index (χ4v) is 7.75. The maximum Gasteiger partial charge on any atom is 0.387 e. The second-order valence-corrected chi connectivity index (χ2v) is 14.4. The molecule has 2 aliphatic rings. The van der Waals surface area contributed by atoms with E-state index in [1.54, 1.807) is 6.07 Å². The van der Waals surface area contributed by atoms with Crippen LogP contribution in [0.15, 0.2) is 69.5 Å². The Labute approximate surface area is 314 Å². The number of aromatic nitrogens is 2. The van der Waals surface area contributed by atoms with E-state index in [4.69, 9.17) is 39.9 Å². The van der Waals surface area contributed by atoms with Crippen LogP contribution in [0.4, 0.5) is 8.78 Å². The molecule has 0 bridgehead atoms. The zero-order valence-electron chi connectivity index (χ0n) is 29.6. The molecule has 0 saturated carbocycles. The minimum atomic E-state index is -3.09. The van der Waals surface area contributed by atoms with Gasteiger partial charge in [0.25, 0.3) is 0 Å². The third-order valence-corrected chi connectivity index (χ3v) is 10.6. The predicted molar refractivity (Wildman–Crippen MR) is 199 cm³/mol. The van der Waals surface area contributed by atoms with Crippen LogP contribution >= 0.6 is 11.6 Å². The fraction of sp³-hybridized carbons (Fsp3) is 0.317. The van der Waals surface area contributed by atoms with Gasteiger partial charge in [-0.1, -0.05) is 24.3 Å². The van der Waals surface area contributed by atoms with E-state index >= 15 is 0 Å². The second kappa shape index (κ2) is 14.8. The lowest BCUT2D eigenvalue weighted by Crippen LogP contribution is -2.32. The van der Waals surface area contributed by atoms with E-state index in [2.05, 4.69) is 16.3 Å². The smallest absolute Gasteiger partial charge is 0.387 e. The summed E-state index contributed by atoms with van der Waals surface area (Å²) >= 11 is 6.33. The van der Waals surface area contributed by atoms with Gasteiger partial charge in [-0.2, -0.15) is 14.0 Å². The molecule has 2 aromatic heterocycles. The van der Waals surface area contributed by atoms with Crippen LogP contribution in [-0.4, -0.2) is 58.5 Å². The van der Waals surface area contributed by atoms with E-state index in [1.807, 2.05) is 62.4 Å². The van der Waals surface area contributed by atoms with Crippen LogP contribution < -0.4 is 10.1 Å². The van der Waals surface area contributed by atoms with E-state index in [0.29, 0.717) is 52.5 Å². The highest BCUT2D eigenvalue weighted by Gasteiger charge is 2.26. The first-order chi connectivity index (χ1) is 26.1. The van der Waals surface area contributed by atoms with Gasteiger partial charge in [0.05, 0.1) is 5.56 Å². The van der Waals surface area contributed by atoms with Crippen LogP contribution in [0, 0.1) is 25.2 Å². The van der Waals surface area contributed by atoms with Crippen LogP contribution in [0.5, 0.6) is 5.75 Å². The van der Waals surface area contributed by atoms with Crippen molar-refractivity contribution in [3.8, 4) is 45.9 Å². The summed E-state index contributed by atoms with van der Waals surface area (Å²) in [6.45, 7) is 3.73. The molecule has 6 aromatic rings. The molecule has 276 valence electrons. The first-order valence-electron chi connectivity index (χ1n) is 17.8. The van der Waals surface area contributed by atoms with Crippen LogP contribution in [0.2, 0.25) is 0 Å². The van der Waals surface area contributed by atoms with E-state index in [9.17, 15) is 18.8 Å². The lowest BCUT2D eigenvalue weighted by Gasteiger charge is -2.14. The van der Waals surface area contributed by atoms with Gasteiger partial charge in [0, 0.05) is 41.2 Å². The zero-order valence-corrected chi connectivity index (χ0v) is 30.4. The summed E-state index contributed by atoms with van der Waals surface area (Å²) in [5.41, 5.74) is 8.52. The number of nitrogens with one attached hydrogen (secondary N) is 1. The fourth-order valence-electron chi connectivity index (χ4n) is 7.45. The van der Waals surface area contributed by atoms with Crippen LogP contribution in [0.1, 0.15) is 47.1 Å². The number of benzene rings is 4. The van der Waals surface area contributed by atoms with Crippen molar-refractivity contribution in [1.29, 1.82) is 5.26 Å². The molecule has 4 heterocycles. The Hall–Kier alpha value is -5.35. The Kier molecular flexibility index (Phi) is 9.79. The van der Waals surface area contributed by atoms with Crippen LogP contribution in [0.25, 0.3) is 56.2 Å². The minimum Gasteiger partial charge on any atom is -0.460 e. The SMILES string of the molecule is Cc1c(-c2nc3cc(COC(=O)[C@@H]4CCCN4)c(OC(F)F)cc3o2)cccc1-c1cccc(-c2nc3cc(CN4CCC(Cl)C4)cc(C#N)c3o2)c1C. The number of fused-ring (bicyclic) bond motifs is 2. The number of ether oxygens (including phenoxy) is 2. The maximum atomic E-state index is 13.4. The molecular weight excluding hydrogens is 716 g/mol. The van der Waals surface area contributed by atoms with E-state index in [0.717, 1.165) is 65.9 Å². The molecule has 8 rings (SSSR count). The Bertz CT molecular complexity index is 2430. The Morgan fingerprint density at radius 3 is 2.35 bits per heavy atom. The summed E-state index contributed by atoms with van der Waals surface area (Å²) in [6, 6.07) is 20.3. The molecule has 1 unspecified atom stereocenters. The van der Waals surface area contributed by atoms with Gasteiger partial charge in [-0.3, -0.25) is 9.69 Å². The summed E-state index contributed by atoms with van der Waals surface area (Å²) in [4.78, 5) is 24.4. The summed E-state index contributed by atoms with van der Waals surface area (Å²) in [5, 5.41) is 13.2. The van der Waals surface area contributed by atoms with E-state index in [-0.39, 0.29) is 28.9 Å². The molecule has 0 radical (unpaired) electrons. The average Bonchev–Trinajstić information content (AvgIpc) is 3.98. The van der Waals surface area contributed by atoms with Gasteiger partial charge in [0.15, 0.2) is 11.2 Å². The molecule has 10 nitrogen and oxygen atoms in total. The standard InChI is InChI=1S/C41H36ClF2N5O5/c1-22-28(29-7-4-9-31(23(29)2)39-48-34-15-24(14-25(18-45)37(34)54-39)19-49-13-11-27(42)20-49)6-3-8-30(22)38-47-33-16-26(21-51-40(50)32-10-5-12-46-32)35(53-41(43)44)17-36(33)52-38/h3-4,6-9,14-17,27,32,41,46H,5,10-13,19-21H2,1-2H3/t27?,32-/m0/s1. The molecule has 2 aliphatic heterocycles. The monoisotopic (exact) mass is 751 g/mol. The van der Waals surface area contributed by atoms with Crippen molar-refractivity contribution in [2.45, 2.75) is 64.3 Å². The summed E-state index contributed by atoms with van der Waals surface area (Å²) in [5.74, 6) is 0.105. The molecule has 54 heavy (non-hydrogen) atoms. The van der Waals surface area contributed by atoms with Gasteiger partial charge < -0.3 is 23.6 Å². The Morgan fingerprint density at radius 1 is 1.00 bits per heavy atom. The van der Waals surface area contributed by atoms with E-state index in [1.165, 1.54) is 6.07 Å². The highest BCUT2D eigenvalue weighted by atomic mass is 35.5. The normalized spacial score (nSPS) is 17.5. The number of alkyl halides is 3. The zero-order chi connectivity index (χ0) is 37.5. The topological polar surface area (TPSA) is 127 Å². The molecule has 2 atom stereocenters. The molecule has 0 spiro atoms. The minimum absolute atomic E-state index is 0.136. The third-order valence-electron chi connectivity index (χ3n) is 10.2. The number of likely N-dealkylation sites (tertiary alicyclic amines) is 1. The van der Waals surface area contributed by atoms with Crippen molar-refractivity contribution in [2.75, 3.05) is 19.6 Å². The third kappa shape index (κ3) is 7.02. The van der Waals surface area contributed by atoms with Crippen LogP contribution in [0.3, 0.4) is 0 Å². The van der Waals surface area contributed by atoms with Gasteiger partial charge in [0.1, 0.15) is 35.5 Å². The Balaban J connectivity index is 1.10. The van der Waals surface area contributed by atoms with Crippen molar-refractivity contribution in [3.63, 3.8) is 0 Å². The molecule has 13 heteroatoms. The summed E-state index contributed by atoms with van der Waals surface area (Å²) < 4.78 is 49.5. The molecule has 2 fully saturated rings. The van der Waals surface area contributed by atoms with Gasteiger partial charge in [-0.25, -0.2) is 9.97 Å². The molecule has 4 aromatic carbocycles. The summed E-state index contributed by atoms with van der Waals surface area (Å²) in [6.07, 6.45) is 2.45. The largest absolute Gasteiger partial charge is 0.460 e. The lowest BCUT2D eigenvalue weighted by atomic mass is 9.91. The van der Waals surface area contributed by atoms with Crippen molar-refractivity contribution in [1.82, 2.24) is 20.2 Å². The maximum absolute atomic E-state index is 13.4. The quantitative estimate of drug-likeness (QED) is 0.107. The number of halogens is 3. The van der Waals surface area contributed by atoms with Crippen molar-refractivity contribution in [3.05, 3.63) is 88.5 Å². The highest BCUT2D eigenvalue weighted by Crippen LogP contribution is 2.39.